The highest BCUT2D eigenvalue weighted by Gasteiger charge is 2.46. The molecule has 2 fully saturated rings. The SMILES string of the molecule is CC(C)N1C(=O)C(=O)N(CN2CCN(C(=O)C(C)(C)c3ccccc3)CC2)C1=O. The quantitative estimate of drug-likeness (QED) is 0.549. The van der Waals surface area contributed by atoms with Crippen molar-refractivity contribution in [2.45, 2.75) is 39.2 Å². The third-order valence-corrected chi connectivity index (χ3v) is 5.63. The van der Waals surface area contributed by atoms with Crippen LogP contribution >= 0.6 is 0 Å². The molecule has 3 rings (SSSR count). The number of hydrogen-bond donors (Lipinski definition) is 0. The lowest BCUT2D eigenvalue weighted by Crippen LogP contribution is -2.55. The summed E-state index contributed by atoms with van der Waals surface area (Å²) >= 11 is 0. The number of carbonyl (C=O) groups is 4. The maximum Gasteiger partial charge on any atom is 0.335 e. The predicted molar refractivity (Wildman–Crippen MR) is 107 cm³/mol. The van der Waals surface area contributed by atoms with E-state index in [0.717, 1.165) is 15.4 Å². The molecule has 2 aliphatic rings. The first-order chi connectivity index (χ1) is 13.6. The zero-order valence-corrected chi connectivity index (χ0v) is 17.4. The van der Waals surface area contributed by atoms with E-state index in [1.54, 1.807) is 13.8 Å². The van der Waals surface area contributed by atoms with Gasteiger partial charge < -0.3 is 4.90 Å². The summed E-state index contributed by atoms with van der Waals surface area (Å²) in [7, 11) is 0. The fourth-order valence-electron chi connectivity index (χ4n) is 3.77. The third kappa shape index (κ3) is 3.89. The number of urea groups is 1. The normalized spacial score (nSPS) is 18.9. The lowest BCUT2D eigenvalue weighted by atomic mass is 9.83. The number of hydrogen-bond acceptors (Lipinski definition) is 5. The van der Waals surface area contributed by atoms with E-state index in [0.29, 0.717) is 26.2 Å². The fourth-order valence-corrected chi connectivity index (χ4v) is 3.77. The Kier molecular flexibility index (Phi) is 5.75. The van der Waals surface area contributed by atoms with E-state index in [1.807, 2.05) is 54.0 Å². The second-order valence-electron chi connectivity index (χ2n) is 8.33. The van der Waals surface area contributed by atoms with Crippen LogP contribution in [0.25, 0.3) is 0 Å². The van der Waals surface area contributed by atoms with Crippen molar-refractivity contribution in [1.29, 1.82) is 0 Å². The first-order valence-electron chi connectivity index (χ1n) is 9.91. The van der Waals surface area contributed by atoms with Gasteiger partial charge in [0.2, 0.25) is 5.91 Å². The standard InChI is InChI=1S/C21H28N4O4/c1-15(2)25-18(27)17(26)24(20(25)29)14-22-10-12-23(13-11-22)19(28)21(3,4)16-8-6-5-7-9-16/h5-9,15H,10-14H2,1-4H3. The Labute approximate surface area is 171 Å². The Balaban J connectivity index is 1.60. The van der Waals surface area contributed by atoms with Crippen molar-refractivity contribution in [3.05, 3.63) is 35.9 Å². The zero-order chi connectivity index (χ0) is 21.3. The van der Waals surface area contributed by atoms with Gasteiger partial charge in [-0.05, 0) is 33.3 Å². The molecule has 0 saturated carbocycles. The Morgan fingerprint density at radius 2 is 1.55 bits per heavy atom. The smallest absolute Gasteiger partial charge is 0.335 e. The number of nitrogens with zero attached hydrogens (tertiary/aromatic N) is 4. The maximum absolute atomic E-state index is 13.1. The van der Waals surface area contributed by atoms with Crippen LogP contribution in [-0.4, -0.2) is 82.2 Å². The Hall–Kier alpha value is -2.74. The van der Waals surface area contributed by atoms with Crippen LogP contribution in [0, 0.1) is 0 Å². The van der Waals surface area contributed by atoms with Gasteiger partial charge in [0.25, 0.3) is 0 Å². The van der Waals surface area contributed by atoms with Crippen LogP contribution in [0.4, 0.5) is 4.79 Å². The summed E-state index contributed by atoms with van der Waals surface area (Å²) in [4.78, 5) is 55.5. The van der Waals surface area contributed by atoms with Gasteiger partial charge in [0.1, 0.15) is 0 Å². The summed E-state index contributed by atoms with van der Waals surface area (Å²) < 4.78 is 0. The molecule has 156 valence electrons. The minimum atomic E-state index is -0.785. The summed E-state index contributed by atoms with van der Waals surface area (Å²) in [5.74, 6) is -1.51. The van der Waals surface area contributed by atoms with Gasteiger partial charge in [-0.3, -0.25) is 24.2 Å². The van der Waals surface area contributed by atoms with E-state index < -0.39 is 23.3 Å². The molecule has 29 heavy (non-hydrogen) atoms. The summed E-state index contributed by atoms with van der Waals surface area (Å²) in [5, 5.41) is 0. The second-order valence-corrected chi connectivity index (χ2v) is 8.33. The van der Waals surface area contributed by atoms with Crippen molar-refractivity contribution < 1.29 is 19.2 Å². The number of benzene rings is 1. The van der Waals surface area contributed by atoms with Gasteiger partial charge in [0, 0.05) is 32.2 Å². The predicted octanol–water partition coefficient (Wildman–Crippen LogP) is 1.27. The molecule has 0 unspecified atom stereocenters. The van der Waals surface area contributed by atoms with Gasteiger partial charge >= 0.3 is 17.8 Å². The molecule has 0 aliphatic carbocycles. The van der Waals surface area contributed by atoms with Crippen molar-refractivity contribution in [2.24, 2.45) is 0 Å². The molecule has 0 N–H and O–H groups in total. The van der Waals surface area contributed by atoms with Gasteiger partial charge in [-0.25, -0.2) is 9.69 Å². The Bertz CT molecular complexity index is 813. The molecule has 2 aliphatic heterocycles. The van der Waals surface area contributed by atoms with Gasteiger partial charge in [0.05, 0.1) is 12.1 Å². The molecule has 8 heteroatoms. The van der Waals surface area contributed by atoms with Crippen LogP contribution in [0.2, 0.25) is 0 Å². The van der Waals surface area contributed by atoms with E-state index in [9.17, 15) is 19.2 Å². The molecule has 5 amide bonds. The lowest BCUT2D eigenvalue weighted by molar-refractivity contribution is -0.144. The highest BCUT2D eigenvalue weighted by Crippen LogP contribution is 2.26. The number of carbonyl (C=O) groups excluding carboxylic acids is 4. The third-order valence-electron chi connectivity index (χ3n) is 5.63. The number of piperazine rings is 1. The van der Waals surface area contributed by atoms with E-state index >= 15 is 0 Å². The van der Waals surface area contributed by atoms with Crippen molar-refractivity contribution in [3.8, 4) is 0 Å². The van der Waals surface area contributed by atoms with Crippen molar-refractivity contribution >= 4 is 23.8 Å². The molecule has 0 atom stereocenters. The molecule has 0 aromatic heterocycles. The molecule has 1 aromatic rings. The molecule has 1 aromatic carbocycles. The van der Waals surface area contributed by atoms with Crippen molar-refractivity contribution in [3.63, 3.8) is 0 Å². The van der Waals surface area contributed by atoms with Gasteiger partial charge in [-0.15, -0.1) is 0 Å². The number of imide groups is 2. The Morgan fingerprint density at radius 1 is 0.966 bits per heavy atom. The number of rotatable bonds is 5. The summed E-state index contributed by atoms with van der Waals surface area (Å²) in [6, 6.07) is 8.75. The van der Waals surface area contributed by atoms with Crippen LogP contribution in [-0.2, 0) is 19.8 Å². The van der Waals surface area contributed by atoms with E-state index in [-0.39, 0.29) is 18.6 Å². The molecule has 0 bridgehead atoms. The first kappa shape index (κ1) is 21.0. The molecule has 2 saturated heterocycles. The average molecular weight is 400 g/mol. The second kappa shape index (κ2) is 7.94. The van der Waals surface area contributed by atoms with Crippen LogP contribution in [0.1, 0.15) is 33.3 Å². The van der Waals surface area contributed by atoms with Gasteiger partial charge in [0.15, 0.2) is 0 Å². The minimum Gasteiger partial charge on any atom is -0.339 e. The van der Waals surface area contributed by atoms with Crippen molar-refractivity contribution in [2.75, 3.05) is 32.8 Å². The summed E-state index contributed by atoms with van der Waals surface area (Å²) in [5.41, 5.74) is 0.335. The lowest BCUT2D eigenvalue weighted by Gasteiger charge is -2.39. The van der Waals surface area contributed by atoms with Crippen LogP contribution < -0.4 is 0 Å². The molecular weight excluding hydrogens is 372 g/mol. The maximum atomic E-state index is 13.1. The first-order valence-corrected chi connectivity index (χ1v) is 9.91. The molecule has 2 heterocycles. The molecule has 8 nitrogen and oxygen atoms in total. The van der Waals surface area contributed by atoms with Crippen LogP contribution in [0.15, 0.2) is 30.3 Å². The fraction of sp³-hybridized carbons (Fsp3) is 0.524. The topological polar surface area (TPSA) is 81.2 Å². The highest BCUT2D eigenvalue weighted by atomic mass is 16.2. The van der Waals surface area contributed by atoms with E-state index in [2.05, 4.69) is 0 Å². The van der Waals surface area contributed by atoms with Gasteiger partial charge in [-0.2, -0.15) is 0 Å². The van der Waals surface area contributed by atoms with E-state index in [1.165, 1.54) is 0 Å². The van der Waals surface area contributed by atoms with E-state index in [4.69, 9.17) is 0 Å². The molecule has 0 spiro atoms. The largest absolute Gasteiger partial charge is 0.339 e. The van der Waals surface area contributed by atoms with Crippen LogP contribution in [0.3, 0.4) is 0 Å². The minimum absolute atomic E-state index is 0.0536. The van der Waals surface area contributed by atoms with Gasteiger partial charge in [-0.1, -0.05) is 30.3 Å². The highest BCUT2D eigenvalue weighted by molar-refractivity contribution is 6.44. The monoisotopic (exact) mass is 400 g/mol. The zero-order valence-electron chi connectivity index (χ0n) is 17.4. The molecule has 0 radical (unpaired) electrons. The van der Waals surface area contributed by atoms with Crippen molar-refractivity contribution in [1.82, 2.24) is 19.6 Å². The number of amides is 5. The molecular formula is C21H28N4O4. The Morgan fingerprint density at radius 3 is 2.07 bits per heavy atom. The summed E-state index contributed by atoms with van der Waals surface area (Å²) in [6.45, 7) is 9.39. The summed E-state index contributed by atoms with van der Waals surface area (Å²) in [6.07, 6.45) is 0. The van der Waals surface area contributed by atoms with Crippen LogP contribution in [0.5, 0.6) is 0 Å². The average Bonchev–Trinajstić information content (AvgIpc) is 2.92.